The van der Waals surface area contributed by atoms with Crippen molar-refractivity contribution in [1.29, 1.82) is 0 Å². The molecule has 6 nitrogen and oxygen atoms in total. The van der Waals surface area contributed by atoms with Crippen LogP contribution >= 0.6 is 0 Å². The second kappa shape index (κ2) is 7.84. The number of aryl methyl sites for hydroxylation is 1. The first-order valence-corrected chi connectivity index (χ1v) is 9.28. The molecule has 0 aliphatic heterocycles. The lowest BCUT2D eigenvalue weighted by atomic mass is 9.87. The van der Waals surface area contributed by atoms with Gasteiger partial charge < -0.3 is 15.1 Å². The van der Waals surface area contributed by atoms with E-state index in [-0.39, 0.29) is 30.2 Å². The Hall–Kier alpha value is -3.15. The molecule has 2 aromatic carbocycles. The number of fused-ring (bicyclic) bond motifs is 1. The van der Waals surface area contributed by atoms with Crippen molar-refractivity contribution >= 4 is 28.6 Å². The normalized spacial score (nSPS) is 11.4. The molecule has 6 heteroatoms. The molecule has 2 amide bonds. The molecule has 0 saturated carbocycles. The first-order valence-electron chi connectivity index (χ1n) is 9.28. The smallest absolute Gasteiger partial charge is 0.251 e. The van der Waals surface area contributed by atoms with E-state index < -0.39 is 0 Å². The summed E-state index contributed by atoms with van der Waals surface area (Å²) in [7, 11) is 0. The Morgan fingerprint density at radius 2 is 1.79 bits per heavy atom. The molecule has 3 aromatic rings. The van der Waals surface area contributed by atoms with E-state index in [9.17, 15) is 9.59 Å². The molecule has 0 radical (unpaired) electrons. The molecule has 0 saturated heterocycles. The van der Waals surface area contributed by atoms with Gasteiger partial charge in [0.2, 0.25) is 5.91 Å². The number of carbonyl (C=O) groups is 2. The van der Waals surface area contributed by atoms with Crippen molar-refractivity contribution < 1.29 is 14.0 Å². The lowest BCUT2D eigenvalue weighted by molar-refractivity contribution is -0.116. The predicted molar refractivity (Wildman–Crippen MR) is 109 cm³/mol. The summed E-state index contributed by atoms with van der Waals surface area (Å²) in [5, 5.41) is 5.59. The minimum Gasteiger partial charge on any atom is -0.441 e. The summed E-state index contributed by atoms with van der Waals surface area (Å²) in [4.78, 5) is 28.6. The van der Waals surface area contributed by atoms with Gasteiger partial charge in [-0.1, -0.05) is 32.9 Å². The molecule has 0 bridgehead atoms. The quantitative estimate of drug-likeness (QED) is 0.696. The van der Waals surface area contributed by atoms with Gasteiger partial charge >= 0.3 is 0 Å². The highest BCUT2D eigenvalue weighted by molar-refractivity contribution is 5.95. The van der Waals surface area contributed by atoms with Gasteiger partial charge in [0, 0.05) is 31.1 Å². The molecule has 0 spiro atoms. The van der Waals surface area contributed by atoms with Crippen molar-refractivity contribution in [2.24, 2.45) is 0 Å². The number of oxazole rings is 1. The number of rotatable bonds is 5. The Labute approximate surface area is 164 Å². The van der Waals surface area contributed by atoms with Crippen LogP contribution in [0.5, 0.6) is 0 Å². The average molecular weight is 379 g/mol. The maximum atomic E-state index is 12.2. The SMILES string of the molecule is Cc1nc2cc(NC(=O)CCNC(=O)c3ccc(C(C)(C)C)cc3)ccc2o1. The molecule has 1 aromatic heterocycles. The molecule has 2 N–H and O–H groups in total. The van der Waals surface area contributed by atoms with Crippen LogP contribution in [-0.4, -0.2) is 23.3 Å². The van der Waals surface area contributed by atoms with Crippen molar-refractivity contribution in [3.8, 4) is 0 Å². The van der Waals surface area contributed by atoms with Crippen molar-refractivity contribution in [1.82, 2.24) is 10.3 Å². The summed E-state index contributed by atoms with van der Waals surface area (Å²) in [6.45, 7) is 8.42. The monoisotopic (exact) mass is 379 g/mol. The number of hydrogen-bond acceptors (Lipinski definition) is 4. The number of anilines is 1. The summed E-state index contributed by atoms with van der Waals surface area (Å²) >= 11 is 0. The Bertz CT molecular complexity index is 998. The number of hydrogen-bond donors (Lipinski definition) is 2. The van der Waals surface area contributed by atoms with Crippen molar-refractivity contribution in [2.45, 2.75) is 39.5 Å². The van der Waals surface area contributed by atoms with Gasteiger partial charge in [-0.15, -0.1) is 0 Å². The predicted octanol–water partition coefficient (Wildman–Crippen LogP) is 4.19. The van der Waals surface area contributed by atoms with E-state index in [0.29, 0.717) is 28.2 Å². The van der Waals surface area contributed by atoms with Crippen LogP contribution in [0.4, 0.5) is 5.69 Å². The van der Waals surface area contributed by atoms with Gasteiger partial charge in [0.1, 0.15) is 5.52 Å². The largest absolute Gasteiger partial charge is 0.441 e. The Morgan fingerprint density at radius 1 is 1.07 bits per heavy atom. The number of amides is 2. The standard InChI is InChI=1S/C22H25N3O3/c1-14-24-18-13-17(9-10-19(18)28-14)25-20(26)11-12-23-21(27)15-5-7-16(8-6-15)22(2,3)4/h5-10,13H,11-12H2,1-4H3,(H,23,27)(H,25,26). The molecule has 0 aliphatic carbocycles. The lowest BCUT2D eigenvalue weighted by Crippen LogP contribution is -2.27. The number of aromatic nitrogens is 1. The highest BCUT2D eigenvalue weighted by Gasteiger charge is 2.14. The third-order valence-corrected chi connectivity index (χ3v) is 4.43. The Kier molecular flexibility index (Phi) is 5.49. The van der Waals surface area contributed by atoms with E-state index in [1.807, 2.05) is 24.3 Å². The summed E-state index contributed by atoms with van der Waals surface area (Å²) in [6.07, 6.45) is 0.182. The topological polar surface area (TPSA) is 84.2 Å². The fraction of sp³-hybridized carbons (Fsp3) is 0.318. The number of nitrogens with one attached hydrogen (secondary N) is 2. The van der Waals surface area contributed by atoms with Crippen LogP contribution < -0.4 is 10.6 Å². The van der Waals surface area contributed by atoms with Crippen LogP contribution in [0, 0.1) is 6.92 Å². The van der Waals surface area contributed by atoms with Gasteiger partial charge in [-0.05, 0) is 41.3 Å². The second-order valence-electron chi connectivity index (χ2n) is 7.80. The molecule has 0 aliphatic rings. The van der Waals surface area contributed by atoms with E-state index in [4.69, 9.17) is 4.42 Å². The zero-order valence-electron chi connectivity index (χ0n) is 16.6. The molecule has 0 atom stereocenters. The number of carbonyl (C=O) groups excluding carboxylic acids is 2. The Balaban J connectivity index is 1.49. The number of benzene rings is 2. The van der Waals surface area contributed by atoms with Crippen molar-refractivity contribution in [2.75, 3.05) is 11.9 Å². The van der Waals surface area contributed by atoms with Crippen LogP contribution in [0.25, 0.3) is 11.1 Å². The zero-order valence-corrected chi connectivity index (χ0v) is 16.6. The van der Waals surface area contributed by atoms with Gasteiger partial charge in [0.15, 0.2) is 11.5 Å². The minimum absolute atomic E-state index is 0.0424. The Morgan fingerprint density at radius 3 is 2.46 bits per heavy atom. The maximum Gasteiger partial charge on any atom is 0.251 e. The molecular weight excluding hydrogens is 354 g/mol. The first kappa shape index (κ1) is 19.6. The van der Waals surface area contributed by atoms with E-state index >= 15 is 0 Å². The summed E-state index contributed by atoms with van der Waals surface area (Å²) < 4.78 is 5.42. The van der Waals surface area contributed by atoms with Crippen LogP contribution in [0.3, 0.4) is 0 Å². The highest BCUT2D eigenvalue weighted by atomic mass is 16.3. The third kappa shape index (κ3) is 4.76. The second-order valence-corrected chi connectivity index (χ2v) is 7.80. The maximum absolute atomic E-state index is 12.2. The van der Waals surface area contributed by atoms with Crippen LogP contribution in [-0.2, 0) is 10.2 Å². The number of nitrogens with zero attached hydrogens (tertiary/aromatic N) is 1. The molecule has 0 fully saturated rings. The van der Waals surface area contributed by atoms with E-state index in [2.05, 4.69) is 36.4 Å². The summed E-state index contributed by atoms with van der Waals surface area (Å²) in [5.41, 5.74) is 3.82. The average Bonchev–Trinajstić information content (AvgIpc) is 3.00. The summed E-state index contributed by atoms with van der Waals surface area (Å²) in [6, 6.07) is 12.8. The third-order valence-electron chi connectivity index (χ3n) is 4.43. The van der Waals surface area contributed by atoms with Gasteiger partial charge in [0.05, 0.1) is 0 Å². The molecule has 28 heavy (non-hydrogen) atoms. The molecule has 146 valence electrons. The van der Waals surface area contributed by atoms with Crippen molar-refractivity contribution in [3.63, 3.8) is 0 Å². The van der Waals surface area contributed by atoms with Gasteiger partial charge in [-0.2, -0.15) is 0 Å². The van der Waals surface area contributed by atoms with Crippen LogP contribution in [0.1, 0.15) is 49.0 Å². The summed E-state index contributed by atoms with van der Waals surface area (Å²) in [5.74, 6) is 0.215. The molecular formula is C22H25N3O3. The fourth-order valence-electron chi connectivity index (χ4n) is 2.86. The van der Waals surface area contributed by atoms with E-state index in [1.165, 1.54) is 5.56 Å². The van der Waals surface area contributed by atoms with E-state index in [0.717, 1.165) is 0 Å². The molecule has 3 rings (SSSR count). The van der Waals surface area contributed by atoms with Gasteiger partial charge in [0.25, 0.3) is 5.91 Å². The highest BCUT2D eigenvalue weighted by Crippen LogP contribution is 2.22. The zero-order chi connectivity index (χ0) is 20.3. The van der Waals surface area contributed by atoms with Crippen molar-refractivity contribution in [3.05, 3.63) is 59.5 Å². The van der Waals surface area contributed by atoms with Gasteiger partial charge in [-0.25, -0.2) is 4.98 Å². The first-order chi connectivity index (χ1) is 13.2. The minimum atomic E-state index is -0.187. The fourth-order valence-corrected chi connectivity index (χ4v) is 2.86. The molecule has 1 heterocycles. The molecule has 0 unspecified atom stereocenters. The van der Waals surface area contributed by atoms with Crippen LogP contribution in [0.2, 0.25) is 0 Å². The van der Waals surface area contributed by atoms with Crippen LogP contribution in [0.15, 0.2) is 46.9 Å². The van der Waals surface area contributed by atoms with E-state index in [1.54, 1.807) is 25.1 Å². The lowest BCUT2D eigenvalue weighted by Gasteiger charge is -2.19. The van der Waals surface area contributed by atoms with Gasteiger partial charge in [-0.3, -0.25) is 9.59 Å².